The number of nitrogens with one attached hydrogen (secondary N) is 1. The highest BCUT2D eigenvalue weighted by atomic mass is 35.5. The summed E-state index contributed by atoms with van der Waals surface area (Å²) in [7, 11) is -3.86. The van der Waals surface area contributed by atoms with E-state index in [9.17, 15) is 18.0 Å². The van der Waals surface area contributed by atoms with Crippen molar-refractivity contribution >= 4 is 45.0 Å². The summed E-state index contributed by atoms with van der Waals surface area (Å²) in [5.41, 5.74) is 16.3. The number of hydrogen-bond acceptors (Lipinski definition) is 13. The fourth-order valence-electron chi connectivity index (χ4n) is 8.88. The molecule has 4 heterocycles. The SMILES string of the molecule is CC1(C)OC2C(C(N)=O)OC(C)(C)OC2(c2cn(CCCCNS(=O)(=O)c3ccc(O[C@H]4c5cc(Cl)cc(Cl)c5C[C@@H]4N4CCC[C@@H](N)C4)cc3)nn2)C(C)(C(N)=O)O1. The average molecular weight is 880 g/mol. The second-order valence-corrected chi connectivity index (χ2v) is 19.3. The molecule has 0 bridgehead atoms. The first kappa shape index (κ1) is 43.7. The number of fused-ring (bicyclic) bond motifs is 2. The number of amides is 2. The highest BCUT2D eigenvalue weighted by Crippen LogP contribution is 2.55. The number of nitrogens with two attached hydrogens (primary N) is 3. The normalized spacial score (nSPS) is 30.3. The molecular formula is C39H52Cl2N8O9S. The molecule has 2 aromatic carbocycles. The second-order valence-electron chi connectivity index (χ2n) is 16.7. The summed E-state index contributed by atoms with van der Waals surface area (Å²) in [5.74, 6) is -4.11. The maximum Gasteiger partial charge on any atom is 0.253 e. The van der Waals surface area contributed by atoms with E-state index in [4.69, 9.17) is 64.1 Å². The smallest absolute Gasteiger partial charge is 0.253 e. The number of piperidine rings is 1. The number of ether oxygens (including phenoxy) is 5. The molecule has 3 aliphatic heterocycles. The molecule has 4 aliphatic rings. The molecule has 4 unspecified atom stereocenters. The van der Waals surface area contributed by atoms with E-state index in [1.54, 1.807) is 52.1 Å². The van der Waals surface area contributed by atoms with Crippen LogP contribution in [-0.4, -0.2) is 101 Å². The van der Waals surface area contributed by atoms with Crippen molar-refractivity contribution in [3.8, 4) is 5.75 Å². The van der Waals surface area contributed by atoms with Gasteiger partial charge in [0, 0.05) is 41.3 Å². The molecule has 1 aromatic heterocycles. The minimum atomic E-state index is -3.86. The van der Waals surface area contributed by atoms with Gasteiger partial charge in [-0.15, -0.1) is 5.10 Å². The first-order chi connectivity index (χ1) is 27.6. The van der Waals surface area contributed by atoms with Crippen LogP contribution in [0.3, 0.4) is 0 Å². The molecule has 20 heteroatoms. The van der Waals surface area contributed by atoms with E-state index >= 15 is 0 Å². The van der Waals surface area contributed by atoms with Crippen molar-refractivity contribution in [1.82, 2.24) is 24.6 Å². The van der Waals surface area contributed by atoms with E-state index in [0.29, 0.717) is 41.6 Å². The van der Waals surface area contributed by atoms with Crippen molar-refractivity contribution < 1.29 is 41.7 Å². The number of nitrogens with zero attached hydrogens (tertiary/aromatic N) is 4. The minimum absolute atomic E-state index is 0.00678. The van der Waals surface area contributed by atoms with Gasteiger partial charge in [-0.3, -0.25) is 19.2 Å². The first-order valence-electron chi connectivity index (χ1n) is 19.6. The number of primary amides is 2. The van der Waals surface area contributed by atoms with E-state index in [-0.39, 0.29) is 35.3 Å². The third kappa shape index (κ3) is 8.45. The number of carbonyl (C=O) groups is 2. The molecule has 17 nitrogen and oxygen atoms in total. The van der Waals surface area contributed by atoms with Crippen LogP contribution in [0.25, 0.3) is 0 Å². The van der Waals surface area contributed by atoms with Crippen molar-refractivity contribution in [2.24, 2.45) is 17.2 Å². The lowest BCUT2D eigenvalue weighted by molar-refractivity contribution is -0.471. The number of sulfonamides is 1. The van der Waals surface area contributed by atoms with Crippen molar-refractivity contribution in [3.63, 3.8) is 0 Å². The highest BCUT2D eigenvalue weighted by molar-refractivity contribution is 7.89. The van der Waals surface area contributed by atoms with Crippen LogP contribution in [0.1, 0.15) is 83.2 Å². The number of likely N-dealkylation sites (tertiary alicyclic amines) is 1. The largest absolute Gasteiger partial charge is 0.484 e. The van der Waals surface area contributed by atoms with Gasteiger partial charge in [0.2, 0.25) is 15.9 Å². The topological polar surface area (TPSA) is 238 Å². The number of aryl methyl sites for hydroxylation is 1. The maximum atomic E-state index is 13.3. The summed E-state index contributed by atoms with van der Waals surface area (Å²) in [6.07, 6.45) is 2.08. The molecule has 3 aromatic rings. The molecule has 0 spiro atoms. The standard InChI is InChI=1S/C39H52Cl2N8O9S/c1-36(2)55-32(34(43)50)33-39(58-36,38(5,35(44)51)57-37(3,4)56-33)30-21-49(47-46-30)16-7-6-14-45-59(52,53)25-12-10-24(11-13-25)54-31-27-17-22(40)18-28(41)26(27)19-29(31)48-15-8-9-23(42)20-48/h10-13,17-18,21,23,29,31-33,45H,6-9,14-16,19-20,42H2,1-5H3,(H2,43,50)(H2,44,51)/t23-,29+,31+,32?,33?,38?,39?/m1/s1. The Morgan fingerprint density at radius 3 is 2.41 bits per heavy atom. The predicted molar refractivity (Wildman–Crippen MR) is 216 cm³/mol. The summed E-state index contributed by atoms with van der Waals surface area (Å²) in [4.78, 5) is 28.4. The van der Waals surface area contributed by atoms with Gasteiger partial charge >= 0.3 is 0 Å². The third-order valence-corrected chi connectivity index (χ3v) is 13.5. The van der Waals surface area contributed by atoms with Crippen molar-refractivity contribution in [2.45, 2.75) is 131 Å². The fourth-order valence-corrected chi connectivity index (χ4v) is 10.5. The zero-order chi connectivity index (χ0) is 42.7. The van der Waals surface area contributed by atoms with Crippen LogP contribution in [0.4, 0.5) is 0 Å². The molecule has 59 heavy (non-hydrogen) atoms. The Morgan fingerprint density at radius 2 is 1.73 bits per heavy atom. The molecular weight excluding hydrogens is 827 g/mol. The van der Waals surface area contributed by atoms with E-state index in [1.165, 1.54) is 23.7 Å². The molecule has 2 amide bonds. The van der Waals surface area contributed by atoms with Gasteiger partial charge in [-0.25, -0.2) is 13.1 Å². The van der Waals surface area contributed by atoms with Crippen LogP contribution in [0.2, 0.25) is 10.0 Å². The van der Waals surface area contributed by atoms with Crippen LogP contribution >= 0.6 is 23.2 Å². The number of carbonyl (C=O) groups excluding carboxylic acids is 2. The van der Waals surface area contributed by atoms with Crippen molar-refractivity contribution in [2.75, 3.05) is 19.6 Å². The molecule has 3 saturated heterocycles. The summed E-state index contributed by atoms with van der Waals surface area (Å²) in [5, 5.41) is 9.70. The number of aromatic nitrogens is 3. The summed E-state index contributed by atoms with van der Waals surface area (Å²) in [6.45, 7) is 9.78. The summed E-state index contributed by atoms with van der Waals surface area (Å²) >= 11 is 13.1. The zero-order valence-corrected chi connectivity index (χ0v) is 36.0. The summed E-state index contributed by atoms with van der Waals surface area (Å²) in [6, 6.07) is 10.0. The Morgan fingerprint density at radius 1 is 1.02 bits per heavy atom. The lowest BCUT2D eigenvalue weighted by Crippen LogP contribution is -2.79. The van der Waals surface area contributed by atoms with Gasteiger partial charge in [-0.05, 0) is 115 Å². The minimum Gasteiger partial charge on any atom is -0.484 e. The zero-order valence-electron chi connectivity index (χ0n) is 33.7. The monoisotopic (exact) mass is 878 g/mol. The Balaban J connectivity index is 0.994. The van der Waals surface area contributed by atoms with E-state index < -0.39 is 56.8 Å². The fraction of sp³-hybridized carbons (Fsp3) is 0.590. The number of unbranched alkanes of at least 4 members (excludes halogenated alkanes) is 1. The summed E-state index contributed by atoms with van der Waals surface area (Å²) < 4.78 is 62.0. The molecule has 7 N–H and O–H groups in total. The van der Waals surface area contributed by atoms with Crippen LogP contribution in [0.15, 0.2) is 47.5 Å². The average Bonchev–Trinajstić information content (AvgIpc) is 3.77. The number of benzene rings is 2. The van der Waals surface area contributed by atoms with Gasteiger partial charge in [-0.1, -0.05) is 28.4 Å². The third-order valence-electron chi connectivity index (χ3n) is 11.5. The van der Waals surface area contributed by atoms with Gasteiger partial charge in [0.15, 0.2) is 28.9 Å². The number of halogens is 2. The van der Waals surface area contributed by atoms with Gasteiger partial charge < -0.3 is 40.9 Å². The maximum absolute atomic E-state index is 13.3. The van der Waals surface area contributed by atoms with E-state index in [2.05, 4.69) is 19.9 Å². The second kappa shape index (κ2) is 16.1. The number of hydrogen-bond donors (Lipinski definition) is 4. The van der Waals surface area contributed by atoms with Crippen LogP contribution in [-0.2, 0) is 57.1 Å². The number of rotatable bonds is 13. The Hall–Kier alpha value is -3.43. The Bertz CT molecular complexity index is 2190. The molecule has 0 saturated carbocycles. The molecule has 7 rings (SSSR count). The van der Waals surface area contributed by atoms with Gasteiger partial charge in [-0.2, -0.15) is 0 Å². The van der Waals surface area contributed by atoms with Crippen LogP contribution < -0.4 is 26.7 Å². The van der Waals surface area contributed by atoms with E-state index in [1.807, 2.05) is 6.07 Å². The predicted octanol–water partition coefficient (Wildman–Crippen LogP) is 3.04. The van der Waals surface area contributed by atoms with Gasteiger partial charge in [0.1, 0.15) is 23.7 Å². The lowest BCUT2D eigenvalue weighted by atomic mass is 9.72. The quantitative estimate of drug-likeness (QED) is 0.181. The molecule has 0 radical (unpaired) electrons. The van der Waals surface area contributed by atoms with Crippen molar-refractivity contribution in [1.29, 1.82) is 0 Å². The molecule has 322 valence electrons. The Labute approximate surface area is 353 Å². The van der Waals surface area contributed by atoms with Gasteiger partial charge in [0.25, 0.3) is 5.91 Å². The first-order valence-corrected chi connectivity index (χ1v) is 21.9. The van der Waals surface area contributed by atoms with Crippen LogP contribution in [0, 0.1) is 0 Å². The Kier molecular flexibility index (Phi) is 11.9. The molecule has 3 fully saturated rings. The highest BCUT2D eigenvalue weighted by Gasteiger charge is 2.74. The lowest BCUT2D eigenvalue weighted by Gasteiger charge is -2.61. The van der Waals surface area contributed by atoms with E-state index in [0.717, 1.165) is 37.1 Å². The van der Waals surface area contributed by atoms with Crippen molar-refractivity contribution in [3.05, 3.63) is 69.5 Å². The molecule has 7 atom stereocenters. The van der Waals surface area contributed by atoms with Gasteiger partial charge in [0.05, 0.1) is 17.1 Å². The molecule has 1 aliphatic carbocycles. The van der Waals surface area contributed by atoms with Crippen LogP contribution in [0.5, 0.6) is 5.75 Å².